The Morgan fingerprint density at radius 2 is 1.74 bits per heavy atom. The zero-order valence-corrected chi connectivity index (χ0v) is 20.5. The van der Waals surface area contributed by atoms with Gasteiger partial charge in [-0.15, -0.1) is 0 Å². The standard InChI is InChI=1S/C27H37N5O2/c1-30-8-6-21(7-9-30)31(2)26(34)22-16-32-23(4-3-5-24(32)29-22)25(33)28-17-27-13-18-10-19(14-27)12-20(11-18)15-27/h3-5,16,18-21H,6-15,17H2,1-2H3,(H,28,33). The van der Waals surface area contributed by atoms with Crippen LogP contribution in [0.3, 0.4) is 0 Å². The lowest BCUT2D eigenvalue weighted by Gasteiger charge is -2.56. The van der Waals surface area contributed by atoms with E-state index in [4.69, 9.17) is 0 Å². The van der Waals surface area contributed by atoms with Crippen LogP contribution in [0.2, 0.25) is 0 Å². The Bertz CT molecular complexity index is 1060. The molecule has 4 bridgehead atoms. The van der Waals surface area contributed by atoms with Crippen molar-refractivity contribution in [3.63, 3.8) is 0 Å². The number of piperidine rings is 1. The molecule has 1 aliphatic heterocycles. The normalized spacial score (nSPS) is 31.2. The number of pyridine rings is 1. The van der Waals surface area contributed by atoms with Gasteiger partial charge in [-0.25, -0.2) is 4.98 Å². The highest BCUT2D eigenvalue weighted by Gasteiger charge is 2.50. The number of likely N-dealkylation sites (tertiary alicyclic amines) is 1. The Kier molecular flexibility index (Phi) is 5.43. The maximum absolute atomic E-state index is 13.3. The lowest BCUT2D eigenvalue weighted by molar-refractivity contribution is -0.0503. The van der Waals surface area contributed by atoms with E-state index in [9.17, 15) is 9.59 Å². The SMILES string of the molecule is CN1CCC(N(C)C(=O)c2cn3c(C(=O)NCC45CC6CC(CC(C6)C4)C5)cccc3n2)CC1. The van der Waals surface area contributed by atoms with Gasteiger partial charge < -0.3 is 15.1 Å². The van der Waals surface area contributed by atoms with Crippen LogP contribution < -0.4 is 5.32 Å². The molecule has 34 heavy (non-hydrogen) atoms. The minimum absolute atomic E-state index is 0.0681. The quantitative estimate of drug-likeness (QED) is 0.738. The number of fused-ring (bicyclic) bond motifs is 1. The fourth-order valence-corrected chi connectivity index (χ4v) is 7.89. The Morgan fingerprint density at radius 1 is 1.09 bits per heavy atom. The molecule has 2 amide bonds. The summed E-state index contributed by atoms with van der Waals surface area (Å²) in [5, 5.41) is 3.28. The summed E-state index contributed by atoms with van der Waals surface area (Å²) in [4.78, 5) is 35.2. The molecule has 7 rings (SSSR count). The molecule has 2 aromatic heterocycles. The topological polar surface area (TPSA) is 70.0 Å². The zero-order chi connectivity index (χ0) is 23.4. The molecule has 1 saturated heterocycles. The van der Waals surface area contributed by atoms with E-state index in [0.29, 0.717) is 22.5 Å². The number of aromatic nitrogens is 2. The highest BCUT2D eigenvalue weighted by atomic mass is 16.2. The molecule has 7 heteroatoms. The Morgan fingerprint density at radius 3 is 2.38 bits per heavy atom. The van der Waals surface area contributed by atoms with Gasteiger partial charge in [0.05, 0.1) is 0 Å². The van der Waals surface area contributed by atoms with Crippen LogP contribution in [0.4, 0.5) is 0 Å². The number of rotatable bonds is 5. The predicted molar refractivity (Wildman–Crippen MR) is 131 cm³/mol. The molecule has 4 aliphatic carbocycles. The van der Waals surface area contributed by atoms with Crippen molar-refractivity contribution in [1.82, 2.24) is 24.5 Å². The monoisotopic (exact) mass is 463 g/mol. The van der Waals surface area contributed by atoms with Crippen LogP contribution in [0, 0.1) is 23.2 Å². The second-order valence-electron chi connectivity index (χ2n) is 11.8. The Balaban J connectivity index is 1.17. The summed E-state index contributed by atoms with van der Waals surface area (Å²) in [6.07, 6.45) is 11.7. The second kappa shape index (κ2) is 8.36. The lowest BCUT2D eigenvalue weighted by atomic mass is 9.49. The van der Waals surface area contributed by atoms with Gasteiger partial charge in [-0.1, -0.05) is 6.07 Å². The molecule has 3 heterocycles. The number of nitrogens with one attached hydrogen (secondary N) is 1. The zero-order valence-electron chi connectivity index (χ0n) is 20.5. The van der Waals surface area contributed by atoms with E-state index >= 15 is 0 Å². The van der Waals surface area contributed by atoms with Crippen LogP contribution in [-0.2, 0) is 0 Å². The van der Waals surface area contributed by atoms with Crippen molar-refractivity contribution in [2.24, 2.45) is 23.2 Å². The van der Waals surface area contributed by atoms with Crippen LogP contribution in [-0.4, -0.2) is 70.8 Å². The molecule has 0 aromatic carbocycles. The maximum Gasteiger partial charge on any atom is 0.274 e. The average molecular weight is 464 g/mol. The van der Waals surface area contributed by atoms with E-state index in [-0.39, 0.29) is 17.9 Å². The van der Waals surface area contributed by atoms with Gasteiger partial charge in [0.2, 0.25) is 0 Å². The molecule has 0 spiro atoms. The van der Waals surface area contributed by atoms with Crippen molar-refractivity contribution in [3.05, 3.63) is 35.8 Å². The van der Waals surface area contributed by atoms with Gasteiger partial charge in [0.15, 0.2) is 0 Å². The number of carbonyl (C=O) groups excluding carboxylic acids is 2. The van der Waals surface area contributed by atoms with Crippen molar-refractivity contribution in [1.29, 1.82) is 0 Å². The van der Waals surface area contributed by atoms with E-state index < -0.39 is 0 Å². The van der Waals surface area contributed by atoms with Gasteiger partial charge in [0.25, 0.3) is 11.8 Å². The van der Waals surface area contributed by atoms with E-state index in [1.54, 1.807) is 10.6 Å². The number of amides is 2. The molecule has 5 aliphatic rings. The minimum atomic E-state index is -0.0711. The van der Waals surface area contributed by atoms with Crippen LogP contribution in [0.5, 0.6) is 0 Å². The van der Waals surface area contributed by atoms with Gasteiger partial charge in [-0.3, -0.25) is 14.0 Å². The summed E-state index contributed by atoms with van der Waals surface area (Å²) in [5.41, 5.74) is 1.89. The summed E-state index contributed by atoms with van der Waals surface area (Å²) in [5.74, 6) is 2.47. The highest BCUT2D eigenvalue weighted by Crippen LogP contribution is 2.59. The molecule has 0 unspecified atom stereocenters. The lowest BCUT2D eigenvalue weighted by Crippen LogP contribution is -2.51. The smallest absolute Gasteiger partial charge is 0.274 e. The Hall–Kier alpha value is -2.41. The molecule has 0 radical (unpaired) electrons. The van der Waals surface area contributed by atoms with Crippen molar-refractivity contribution in [2.45, 2.75) is 57.4 Å². The van der Waals surface area contributed by atoms with Crippen molar-refractivity contribution in [3.8, 4) is 0 Å². The summed E-state index contributed by atoms with van der Waals surface area (Å²) in [6, 6.07) is 5.79. The first-order valence-corrected chi connectivity index (χ1v) is 13.1. The van der Waals surface area contributed by atoms with Gasteiger partial charge in [0.1, 0.15) is 17.0 Å². The van der Waals surface area contributed by atoms with Gasteiger partial charge >= 0.3 is 0 Å². The van der Waals surface area contributed by atoms with Gasteiger partial charge in [0, 0.05) is 25.8 Å². The van der Waals surface area contributed by atoms with E-state index in [0.717, 1.165) is 50.2 Å². The summed E-state index contributed by atoms with van der Waals surface area (Å²) in [6.45, 7) is 2.77. The van der Waals surface area contributed by atoms with Gasteiger partial charge in [-0.05, 0) is 107 Å². The predicted octanol–water partition coefficient (Wildman–Crippen LogP) is 3.45. The van der Waals surface area contributed by atoms with Crippen LogP contribution >= 0.6 is 0 Å². The number of nitrogens with zero attached hydrogens (tertiary/aromatic N) is 4. The number of imidazole rings is 1. The van der Waals surface area contributed by atoms with Crippen LogP contribution in [0.25, 0.3) is 5.65 Å². The average Bonchev–Trinajstić information content (AvgIpc) is 3.26. The molecule has 7 nitrogen and oxygen atoms in total. The number of hydrogen-bond donors (Lipinski definition) is 1. The van der Waals surface area contributed by atoms with Gasteiger partial charge in [-0.2, -0.15) is 0 Å². The third-order valence-electron chi connectivity index (χ3n) is 9.29. The van der Waals surface area contributed by atoms with Crippen molar-refractivity contribution >= 4 is 17.5 Å². The third kappa shape index (κ3) is 3.92. The molecular weight excluding hydrogens is 426 g/mol. The third-order valence-corrected chi connectivity index (χ3v) is 9.29. The molecule has 182 valence electrons. The first kappa shape index (κ1) is 22.1. The second-order valence-corrected chi connectivity index (χ2v) is 11.8. The minimum Gasteiger partial charge on any atom is -0.350 e. The van der Waals surface area contributed by atoms with E-state index in [1.807, 2.05) is 30.1 Å². The first-order valence-electron chi connectivity index (χ1n) is 13.1. The van der Waals surface area contributed by atoms with E-state index in [1.165, 1.54) is 38.5 Å². The molecule has 2 aromatic rings. The number of carbonyl (C=O) groups is 2. The van der Waals surface area contributed by atoms with Crippen molar-refractivity contribution in [2.75, 3.05) is 33.7 Å². The molecule has 0 atom stereocenters. The largest absolute Gasteiger partial charge is 0.350 e. The summed E-state index contributed by atoms with van der Waals surface area (Å²) < 4.78 is 1.78. The fraction of sp³-hybridized carbons (Fsp3) is 0.667. The molecule has 5 fully saturated rings. The Labute approximate surface area is 201 Å². The number of hydrogen-bond acceptors (Lipinski definition) is 4. The maximum atomic E-state index is 13.3. The highest BCUT2D eigenvalue weighted by molar-refractivity contribution is 5.95. The summed E-state index contributed by atoms with van der Waals surface area (Å²) >= 11 is 0. The molecule has 4 saturated carbocycles. The van der Waals surface area contributed by atoms with Crippen molar-refractivity contribution < 1.29 is 9.59 Å². The first-order chi connectivity index (χ1) is 16.4. The summed E-state index contributed by atoms with van der Waals surface area (Å²) in [7, 11) is 4.00. The fourth-order valence-electron chi connectivity index (χ4n) is 7.89. The molecule has 1 N–H and O–H groups in total. The van der Waals surface area contributed by atoms with Crippen LogP contribution in [0.1, 0.15) is 72.3 Å². The van der Waals surface area contributed by atoms with E-state index in [2.05, 4.69) is 22.2 Å². The molecular formula is C27H37N5O2. The van der Waals surface area contributed by atoms with Crippen LogP contribution in [0.15, 0.2) is 24.4 Å².